The molecule has 2 aromatic carbocycles. The minimum atomic E-state index is -4.25. The quantitative estimate of drug-likeness (QED) is 0.507. The SMILES string of the molecule is CCC(=O)OC.CCC1COc2cc(O)ccc21.FC(F)(F)c1ccc2c(c1CN1CCNCC1)CCC2. The van der Waals surface area contributed by atoms with Crippen molar-refractivity contribution in [2.45, 2.75) is 64.6 Å². The van der Waals surface area contributed by atoms with Crippen LogP contribution in [0.4, 0.5) is 13.2 Å². The van der Waals surface area contributed by atoms with Gasteiger partial charge >= 0.3 is 12.1 Å². The molecule has 1 unspecified atom stereocenters. The molecule has 1 fully saturated rings. The summed E-state index contributed by atoms with van der Waals surface area (Å²) in [4.78, 5) is 12.1. The van der Waals surface area contributed by atoms with Gasteiger partial charge in [0.25, 0.3) is 0 Å². The van der Waals surface area contributed by atoms with Crippen LogP contribution in [0.15, 0.2) is 30.3 Å². The molecule has 2 N–H and O–H groups in total. The molecule has 6 nitrogen and oxygen atoms in total. The number of carbonyl (C=O) groups excluding carboxylic acids is 1. The van der Waals surface area contributed by atoms with Crippen molar-refractivity contribution < 1.29 is 32.5 Å². The predicted molar refractivity (Wildman–Crippen MR) is 141 cm³/mol. The number of halogens is 3. The fraction of sp³-hybridized carbons (Fsp3) is 0.552. The number of esters is 1. The van der Waals surface area contributed by atoms with E-state index in [2.05, 4.69) is 21.9 Å². The molecule has 0 amide bonds. The Morgan fingerprint density at radius 3 is 2.50 bits per heavy atom. The van der Waals surface area contributed by atoms with Gasteiger partial charge in [-0.15, -0.1) is 0 Å². The molecule has 2 aromatic rings. The lowest BCUT2D eigenvalue weighted by atomic mass is 9.96. The van der Waals surface area contributed by atoms with Crippen LogP contribution in [-0.4, -0.2) is 55.9 Å². The fourth-order valence-corrected chi connectivity index (χ4v) is 5.03. The van der Waals surface area contributed by atoms with Gasteiger partial charge in [0.2, 0.25) is 0 Å². The maximum absolute atomic E-state index is 13.2. The van der Waals surface area contributed by atoms with E-state index in [4.69, 9.17) is 4.74 Å². The van der Waals surface area contributed by atoms with Crippen LogP contribution in [0.25, 0.3) is 0 Å². The summed E-state index contributed by atoms with van der Waals surface area (Å²) in [5.74, 6) is 1.49. The van der Waals surface area contributed by atoms with Crippen LogP contribution in [0.3, 0.4) is 0 Å². The van der Waals surface area contributed by atoms with E-state index >= 15 is 0 Å². The molecule has 5 rings (SSSR count). The molecule has 3 aliphatic rings. The lowest BCUT2D eigenvalue weighted by Crippen LogP contribution is -2.43. The van der Waals surface area contributed by atoms with Gasteiger partial charge < -0.3 is 19.9 Å². The van der Waals surface area contributed by atoms with Crippen LogP contribution < -0.4 is 10.1 Å². The van der Waals surface area contributed by atoms with E-state index in [1.165, 1.54) is 18.7 Å². The number of phenols is 1. The standard InChI is InChI=1S/C15H19F3N2.C10H12O2.C4H8O2/c16-15(17,18)14-5-4-11-2-1-3-12(11)13(14)10-20-8-6-19-7-9-20;1-2-7-6-12-10-5-8(11)3-4-9(7)10;1-3-4(5)6-2/h4-5,19H,1-3,6-10H2;3-5,7,11H,2,6H2,1H3;3H2,1-2H3. The molecular formula is C29H39F3N2O4. The number of aromatic hydroxyl groups is 1. The summed E-state index contributed by atoms with van der Waals surface area (Å²) >= 11 is 0. The third-order valence-corrected chi connectivity index (χ3v) is 7.18. The van der Waals surface area contributed by atoms with Gasteiger partial charge in [0.05, 0.1) is 19.3 Å². The average molecular weight is 537 g/mol. The number of ether oxygens (including phenoxy) is 2. The molecule has 210 valence electrons. The normalized spacial score (nSPS) is 18.2. The zero-order valence-corrected chi connectivity index (χ0v) is 22.5. The fourth-order valence-electron chi connectivity index (χ4n) is 5.03. The van der Waals surface area contributed by atoms with Gasteiger partial charge in [0.1, 0.15) is 11.5 Å². The van der Waals surface area contributed by atoms with Gasteiger partial charge in [-0.05, 0) is 54.5 Å². The number of aryl methyl sites for hydroxylation is 1. The molecule has 9 heteroatoms. The van der Waals surface area contributed by atoms with Crippen molar-refractivity contribution in [3.63, 3.8) is 0 Å². The number of benzene rings is 2. The third-order valence-electron chi connectivity index (χ3n) is 7.18. The number of rotatable bonds is 4. The summed E-state index contributed by atoms with van der Waals surface area (Å²) in [6.07, 6.45) is 0.00314. The second kappa shape index (κ2) is 13.8. The number of hydrogen-bond donors (Lipinski definition) is 2. The topological polar surface area (TPSA) is 71.0 Å². The first-order chi connectivity index (χ1) is 18.2. The molecule has 0 spiro atoms. The highest BCUT2D eigenvalue weighted by Crippen LogP contribution is 2.38. The van der Waals surface area contributed by atoms with Crippen LogP contribution in [0, 0.1) is 0 Å². The Morgan fingerprint density at radius 2 is 1.89 bits per heavy atom. The Kier molecular flexibility index (Phi) is 10.8. The lowest BCUT2D eigenvalue weighted by Gasteiger charge is -2.29. The van der Waals surface area contributed by atoms with Crippen molar-refractivity contribution in [1.82, 2.24) is 10.2 Å². The highest BCUT2D eigenvalue weighted by atomic mass is 19.4. The molecule has 0 bridgehead atoms. The maximum Gasteiger partial charge on any atom is 0.416 e. The van der Waals surface area contributed by atoms with Crippen LogP contribution in [0.5, 0.6) is 11.5 Å². The molecule has 1 saturated heterocycles. The van der Waals surface area contributed by atoms with E-state index in [1.807, 2.05) is 6.07 Å². The summed E-state index contributed by atoms with van der Waals surface area (Å²) in [6, 6.07) is 8.31. The first-order valence-electron chi connectivity index (χ1n) is 13.3. The molecule has 1 atom stereocenters. The maximum atomic E-state index is 13.2. The monoisotopic (exact) mass is 536 g/mol. The molecular weight excluding hydrogens is 497 g/mol. The summed E-state index contributed by atoms with van der Waals surface area (Å²) < 4.78 is 49.4. The average Bonchev–Trinajstić information content (AvgIpc) is 3.56. The second-order valence-corrected chi connectivity index (χ2v) is 9.67. The van der Waals surface area contributed by atoms with E-state index < -0.39 is 11.7 Å². The summed E-state index contributed by atoms with van der Waals surface area (Å²) in [5.41, 5.74) is 3.39. The van der Waals surface area contributed by atoms with Gasteiger partial charge in [-0.1, -0.05) is 26.0 Å². The van der Waals surface area contributed by atoms with E-state index in [9.17, 15) is 23.1 Å². The van der Waals surface area contributed by atoms with Gasteiger partial charge in [-0.2, -0.15) is 13.2 Å². The third kappa shape index (κ3) is 7.86. The predicted octanol–water partition coefficient (Wildman–Crippen LogP) is 5.45. The largest absolute Gasteiger partial charge is 0.508 e. The van der Waals surface area contributed by atoms with Crippen LogP contribution in [0.1, 0.15) is 66.8 Å². The van der Waals surface area contributed by atoms with Crippen LogP contribution in [-0.2, 0) is 35.1 Å². The van der Waals surface area contributed by atoms with Crippen molar-refractivity contribution >= 4 is 5.97 Å². The van der Waals surface area contributed by atoms with Crippen molar-refractivity contribution in [3.8, 4) is 11.5 Å². The van der Waals surface area contributed by atoms with E-state index in [-0.39, 0.29) is 11.7 Å². The molecule has 0 aromatic heterocycles. The molecule has 0 saturated carbocycles. The Morgan fingerprint density at radius 1 is 1.16 bits per heavy atom. The minimum Gasteiger partial charge on any atom is -0.508 e. The molecule has 1 aliphatic carbocycles. The molecule has 2 aliphatic heterocycles. The Balaban J connectivity index is 0.000000188. The van der Waals surface area contributed by atoms with Crippen molar-refractivity contribution in [1.29, 1.82) is 0 Å². The van der Waals surface area contributed by atoms with Crippen molar-refractivity contribution in [3.05, 3.63) is 58.1 Å². The Bertz CT molecular complexity index is 1060. The number of hydrogen-bond acceptors (Lipinski definition) is 6. The number of nitrogens with one attached hydrogen (secondary N) is 1. The van der Waals surface area contributed by atoms with Gasteiger partial charge in [-0.25, -0.2) is 0 Å². The highest BCUT2D eigenvalue weighted by molar-refractivity contribution is 5.68. The summed E-state index contributed by atoms with van der Waals surface area (Å²) in [7, 11) is 1.38. The molecule has 0 radical (unpaired) electrons. The first-order valence-corrected chi connectivity index (χ1v) is 13.3. The second-order valence-electron chi connectivity index (χ2n) is 9.67. The van der Waals surface area contributed by atoms with Crippen LogP contribution in [0.2, 0.25) is 0 Å². The number of nitrogens with zero attached hydrogens (tertiary/aromatic N) is 1. The summed E-state index contributed by atoms with van der Waals surface area (Å²) in [5, 5.41) is 12.4. The van der Waals surface area contributed by atoms with Gasteiger partial charge in [-0.3, -0.25) is 9.69 Å². The van der Waals surface area contributed by atoms with Gasteiger partial charge in [0.15, 0.2) is 0 Å². The van der Waals surface area contributed by atoms with E-state index in [0.717, 1.165) is 75.3 Å². The Hall–Kier alpha value is -2.78. The number of alkyl halides is 3. The Labute approximate surface area is 223 Å². The number of carbonyl (C=O) groups is 1. The van der Waals surface area contributed by atoms with Crippen molar-refractivity contribution in [2.75, 3.05) is 39.9 Å². The summed E-state index contributed by atoms with van der Waals surface area (Å²) in [6.45, 7) is 8.45. The van der Waals surface area contributed by atoms with Gasteiger partial charge in [0, 0.05) is 56.7 Å². The van der Waals surface area contributed by atoms with Crippen molar-refractivity contribution in [2.24, 2.45) is 0 Å². The minimum absolute atomic E-state index is 0.157. The smallest absolute Gasteiger partial charge is 0.416 e. The molecule has 38 heavy (non-hydrogen) atoms. The zero-order chi connectivity index (χ0) is 27.7. The number of piperazine rings is 1. The zero-order valence-electron chi connectivity index (χ0n) is 22.5. The van der Waals surface area contributed by atoms with Crippen LogP contribution >= 0.6 is 0 Å². The number of fused-ring (bicyclic) bond motifs is 2. The van der Waals surface area contributed by atoms with E-state index in [1.54, 1.807) is 25.1 Å². The van der Waals surface area contributed by atoms with E-state index in [0.29, 0.717) is 24.4 Å². The lowest BCUT2D eigenvalue weighted by molar-refractivity contribution is -0.140. The first kappa shape index (κ1) is 29.8. The molecule has 2 heterocycles. The number of phenolic OH excluding ortho intramolecular Hbond substituents is 1. The number of methoxy groups -OCH3 is 1. The highest BCUT2D eigenvalue weighted by Gasteiger charge is 2.36.